The van der Waals surface area contributed by atoms with Crippen LogP contribution >= 0.6 is 0 Å². The predicted molar refractivity (Wildman–Crippen MR) is 102 cm³/mol. The number of hydrogen-bond donors (Lipinski definition) is 1. The third-order valence-electron chi connectivity index (χ3n) is 4.93. The van der Waals surface area contributed by atoms with Crippen molar-refractivity contribution < 1.29 is 14.0 Å². The van der Waals surface area contributed by atoms with Crippen LogP contribution in [0.1, 0.15) is 40.0 Å². The molecule has 0 radical (unpaired) electrons. The van der Waals surface area contributed by atoms with E-state index in [1.807, 2.05) is 11.0 Å². The highest BCUT2D eigenvalue weighted by Crippen LogP contribution is 2.24. The maximum Gasteiger partial charge on any atom is 0.237 e. The summed E-state index contributed by atoms with van der Waals surface area (Å²) in [5.74, 6) is -0.645. The van der Waals surface area contributed by atoms with Crippen molar-refractivity contribution in [3.63, 3.8) is 0 Å². The molecule has 1 N–H and O–H groups in total. The van der Waals surface area contributed by atoms with E-state index in [1.54, 1.807) is 30.9 Å². The molecule has 0 saturated carbocycles. The van der Waals surface area contributed by atoms with Gasteiger partial charge >= 0.3 is 0 Å². The van der Waals surface area contributed by atoms with Crippen LogP contribution in [-0.4, -0.2) is 49.4 Å². The number of carbonyl (C=O) groups excluding carboxylic acids is 2. The number of halogens is 1. The molecule has 144 valence electrons. The van der Waals surface area contributed by atoms with Crippen molar-refractivity contribution in [3.05, 3.63) is 30.1 Å². The highest BCUT2D eigenvalue weighted by Gasteiger charge is 2.39. The van der Waals surface area contributed by atoms with Crippen LogP contribution in [0.4, 0.5) is 10.1 Å². The zero-order valence-corrected chi connectivity index (χ0v) is 16.1. The number of para-hydroxylation sites is 1. The van der Waals surface area contributed by atoms with E-state index >= 15 is 0 Å². The van der Waals surface area contributed by atoms with Crippen molar-refractivity contribution in [1.82, 2.24) is 10.2 Å². The van der Waals surface area contributed by atoms with Gasteiger partial charge in [-0.15, -0.1) is 0 Å². The number of piperazine rings is 1. The zero-order chi connectivity index (χ0) is 19.2. The summed E-state index contributed by atoms with van der Waals surface area (Å²) in [4.78, 5) is 28.9. The lowest BCUT2D eigenvalue weighted by molar-refractivity contribution is -0.148. The van der Waals surface area contributed by atoms with Crippen LogP contribution in [0.5, 0.6) is 0 Å². The summed E-state index contributed by atoms with van der Waals surface area (Å²) in [6, 6.07) is 6.67. The average molecular weight is 363 g/mol. The fraction of sp³-hybridized carbons (Fsp3) is 0.600. The van der Waals surface area contributed by atoms with Crippen LogP contribution in [-0.2, 0) is 9.59 Å². The van der Waals surface area contributed by atoms with Gasteiger partial charge in [0.25, 0.3) is 0 Å². The molecule has 1 aliphatic rings. The van der Waals surface area contributed by atoms with Gasteiger partial charge in [0.2, 0.25) is 11.8 Å². The van der Waals surface area contributed by atoms with Crippen molar-refractivity contribution in [3.8, 4) is 0 Å². The van der Waals surface area contributed by atoms with Crippen LogP contribution in [0, 0.1) is 11.2 Å². The summed E-state index contributed by atoms with van der Waals surface area (Å²) in [5, 5.41) is 2.87. The SMILES string of the molecule is CCCCCNC(=O)C(C)(C)C(=O)N1CCN(c2ccccc2F)CC1. The first kappa shape index (κ1) is 20.2. The molecule has 1 fully saturated rings. The minimum Gasteiger partial charge on any atom is -0.366 e. The highest BCUT2D eigenvalue weighted by molar-refractivity contribution is 6.04. The first-order chi connectivity index (χ1) is 12.4. The molecular weight excluding hydrogens is 333 g/mol. The second-order valence-corrected chi connectivity index (χ2v) is 7.32. The van der Waals surface area contributed by atoms with Crippen LogP contribution in [0.15, 0.2) is 24.3 Å². The molecule has 5 nitrogen and oxygen atoms in total. The quantitative estimate of drug-likeness (QED) is 0.599. The van der Waals surface area contributed by atoms with Gasteiger partial charge in [-0.25, -0.2) is 4.39 Å². The number of benzene rings is 1. The molecule has 1 heterocycles. The number of anilines is 1. The van der Waals surface area contributed by atoms with E-state index < -0.39 is 5.41 Å². The molecule has 2 amide bonds. The van der Waals surface area contributed by atoms with Crippen molar-refractivity contribution in [2.45, 2.75) is 40.0 Å². The molecule has 2 rings (SSSR count). The molecule has 1 aromatic rings. The summed E-state index contributed by atoms with van der Waals surface area (Å²) < 4.78 is 13.9. The normalized spacial score (nSPS) is 15.1. The Balaban J connectivity index is 1.90. The first-order valence-corrected chi connectivity index (χ1v) is 9.45. The summed E-state index contributed by atoms with van der Waals surface area (Å²) in [6.45, 7) is 8.14. The van der Waals surface area contributed by atoms with E-state index in [0.717, 1.165) is 19.3 Å². The fourth-order valence-electron chi connectivity index (χ4n) is 3.15. The monoisotopic (exact) mass is 363 g/mol. The van der Waals surface area contributed by atoms with Gasteiger partial charge in [0.05, 0.1) is 5.69 Å². The number of unbranched alkanes of at least 4 members (excludes halogenated alkanes) is 2. The molecule has 0 atom stereocenters. The smallest absolute Gasteiger partial charge is 0.237 e. The van der Waals surface area contributed by atoms with Crippen molar-refractivity contribution in [2.24, 2.45) is 5.41 Å². The lowest BCUT2D eigenvalue weighted by Crippen LogP contribution is -2.55. The van der Waals surface area contributed by atoms with Gasteiger partial charge in [0, 0.05) is 32.7 Å². The summed E-state index contributed by atoms with van der Waals surface area (Å²) in [5.41, 5.74) is -0.528. The Morgan fingerprint density at radius 3 is 2.38 bits per heavy atom. The molecule has 0 aromatic heterocycles. The van der Waals surface area contributed by atoms with Gasteiger partial charge in [-0.1, -0.05) is 31.9 Å². The Kier molecular flexibility index (Phi) is 7.00. The van der Waals surface area contributed by atoms with E-state index in [0.29, 0.717) is 38.4 Å². The molecule has 6 heteroatoms. The Hall–Kier alpha value is -2.11. The molecule has 1 aliphatic heterocycles. The van der Waals surface area contributed by atoms with Gasteiger partial charge in [-0.05, 0) is 32.4 Å². The van der Waals surface area contributed by atoms with Crippen molar-refractivity contribution in [1.29, 1.82) is 0 Å². The summed E-state index contributed by atoms with van der Waals surface area (Å²) in [7, 11) is 0. The Bertz CT molecular complexity index is 625. The second kappa shape index (κ2) is 9.01. The number of carbonyl (C=O) groups is 2. The number of hydrogen-bond acceptors (Lipinski definition) is 3. The topological polar surface area (TPSA) is 52.7 Å². The third kappa shape index (κ3) is 4.74. The maximum absolute atomic E-state index is 13.9. The molecule has 0 aliphatic carbocycles. The first-order valence-electron chi connectivity index (χ1n) is 9.45. The minimum atomic E-state index is -1.09. The van der Waals surface area contributed by atoms with Crippen LogP contribution in [0.2, 0.25) is 0 Å². The van der Waals surface area contributed by atoms with E-state index in [2.05, 4.69) is 12.2 Å². The van der Waals surface area contributed by atoms with E-state index in [1.165, 1.54) is 6.07 Å². The van der Waals surface area contributed by atoms with E-state index in [-0.39, 0.29) is 17.6 Å². The van der Waals surface area contributed by atoms with Gasteiger partial charge in [-0.2, -0.15) is 0 Å². The number of rotatable bonds is 7. The molecule has 0 bridgehead atoms. The Labute approximate surface area is 155 Å². The van der Waals surface area contributed by atoms with Crippen molar-refractivity contribution in [2.75, 3.05) is 37.6 Å². The largest absolute Gasteiger partial charge is 0.366 e. The standard InChI is InChI=1S/C20H30FN3O2/c1-4-5-8-11-22-18(25)20(2,3)19(26)24-14-12-23(13-15-24)17-10-7-6-9-16(17)21/h6-7,9-10H,4-5,8,11-15H2,1-3H3,(H,22,25). The minimum absolute atomic E-state index is 0.168. The number of nitrogens with one attached hydrogen (secondary N) is 1. The van der Waals surface area contributed by atoms with Gasteiger partial charge in [0.1, 0.15) is 11.2 Å². The van der Waals surface area contributed by atoms with Crippen molar-refractivity contribution >= 4 is 17.5 Å². The van der Waals surface area contributed by atoms with Crippen LogP contribution < -0.4 is 10.2 Å². The molecule has 0 unspecified atom stereocenters. The maximum atomic E-state index is 13.9. The lowest BCUT2D eigenvalue weighted by Gasteiger charge is -2.39. The Morgan fingerprint density at radius 1 is 1.12 bits per heavy atom. The summed E-state index contributed by atoms with van der Waals surface area (Å²) >= 11 is 0. The fourth-order valence-corrected chi connectivity index (χ4v) is 3.15. The third-order valence-corrected chi connectivity index (χ3v) is 4.93. The highest BCUT2D eigenvalue weighted by atomic mass is 19.1. The van der Waals surface area contributed by atoms with E-state index in [9.17, 15) is 14.0 Å². The van der Waals surface area contributed by atoms with E-state index in [4.69, 9.17) is 0 Å². The molecule has 0 spiro atoms. The van der Waals surface area contributed by atoms with Crippen LogP contribution in [0.3, 0.4) is 0 Å². The zero-order valence-electron chi connectivity index (χ0n) is 16.1. The molecular formula is C20H30FN3O2. The molecule has 1 saturated heterocycles. The van der Waals surface area contributed by atoms with Gasteiger partial charge in [-0.3, -0.25) is 9.59 Å². The van der Waals surface area contributed by atoms with Gasteiger partial charge in [0.15, 0.2) is 0 Å². The van der Waals surface area contributed by atoms with Gasteiger partial charge < -0.3 is 15.1 Å². The lowest BCUT2D eigenvalue weighted by atomic mass is 9.90. The predicted octanol–water partition coefficient (Wildman–Crippen LogP) is 2.81. The second-order valence-electron chi connectivity index (χ2n) is 7.32. The molecule has 1 aromatic carbocycles. The average Bonchev–Trinajstić information content (AvgIpc) is 2.65. The number of nitrogens with zero attached hydrogens (tertiary/aromatic N) is 2. The number of amides is 2. The van der Waals surface area contributed by atoms with Crippen LogP contribution in [0.25, 0.3) is 0 Å². The molecule has 26 heavy (non-hydrogen) atoms. The summed E-state index contributed by atoms with van der Waals surface area (Å²) in [6.07, 6.45) is 3.07. The Morgan fingerprint density at radius 2 is 1.77 bits per heavy atom.